The van der Waals surface area contributed by atoms with E-state index in [0.717, 1.165) is 24.2 Å². The van der Waals surface area contributed by atoms with Crippen molar-refractivity contribution in [1.82, 2.24) is 4.72 Å². The highest BCUT2D eigenvalue weighted by molar-refractivity contribution is 7.89. The molecule has 2 aromatic rings. The van der Waals surface area contributed by atoms with Gasteiger partial charge in [-0.3, -0.25) is 0 Å². The third-order valence-corrected chi connectivity index (χ3v) is 4.55. The number of hydrogen-bond donors (Lipinski definition) is 2. The number of nitrogens with one attached hydrogen (secondary N) is 1. The zero-order chi connectivity index (χ0) is 15.3. The summed E-state index contributed by atoms with van der Waals surface area (Å²) in [6, 6.07) is 10.4. The van der Waals surface area contributed by atoms with E-state index in [1.165, 1.54) is 0 Å². The van der Waals surface area contributed by atoms with Crippen LogP contribution in [0.1, 0.15) is 23.5 Å². The molecule has 0 fully saturated rings. The second-order valence-corrected chi connectivity index (χ2v) is 6.64. The number of nitrogens with two attached hydrogens (primary N) is 1. The molecule has 0 aliphatic heterocycles. The molecule has 1 aromatic carbocycles. The molecule has 5 nitrogen and oxygen atoms in total. The molecule has 0 saturated carbocycles. The van der Waals surface area contributed by atoms with Gasteiger partial charge in [0.1, 0.15) is 11.5 Å². The third-order valence-electron chi connectivity index (χ3n) is 3.14. The molecule has 21 heavy (non-hydrogen) atoms. The minimum atomic E-state index is -3.52. The van der Waals surface area contributed by atoms with Crippen molar-refractivity contribution in [3.63, 3.8) is 0 Å². The summed E-state index contributed by atoms with van der Waals surface area (Å²) in [4.78, 5) is 0.252. The molecule has 0 aliphatic rings. The number of hydrogen-bond acceptors (Lipinski definition) is 4. The molecule has 6 heteroatoms. The Labute approximate surface area is 125 Å². The molecular weight excluding hydrogens is 288 g/mol. The monoisotopic (exact) mass is 308 g/mol. The van der Waals surface area contributed by atoms with E-state index in [0.29, 0.717) is 12.3 Å². The number of furan rings is 1. The smallest absolute Gasteiger partial charge is 0.240 e. The maximum atomic E-state index is 12.2. The lowest BCUT2D eigenvalue weighted by Crippen LogP contribution is -2.23. The molecule has 0 amide bonds. The molecule has 0 unspecified atom stereocenters. The van der Waals surface area contributed by atoms with Gasteiger partial charge in [-0.1, -0.05) is 12.1 Å². The van der Waals surface area contributed by atoms with Gasteiger partial charge in [-0.2, -0.15) is 0 Å². The summed E-state index contributed by atoms with van der Waals surface area (Å²) in [5.74, 6) is 1.35. The van der Waals surface area contributed by atoms with Gasteiger partial charge in [-0.15, -0.1) is 0 Å². The largest absolute Gasteiger partial charge is 0.465 e. The average Bonchev–Trinajstić information content (AvgIpc) is 2.89. The van der Waals surface area contributed by atoms with Crippen molar-refractivity contribution in [1.29, 1.82) is 0 Å². The van der Waals surface area contributed by atoms with E-state index in [2.05, 4.69) is 4.72 Å². The predicted molar refractivity (Wildman–Crippen MR) is 81.3 cm³/mol. The maximum absolute atomic E-state index is 12.2. The van der Waals surface area contributed by atoms with Crippen LogP contribution in [0.15, 0.2) is 45.7 Å². The second kappa shape index (κ2) is 6.89. The van der Waals surface area contributed by atoms with Crippen LogP contribution in [0.3, 0.4) is 0 Å². The Bertz CT molecular complexity index is 675. The maximum Gasteiger partial charge on any atom is 0.240 e. The van der Waals surface area contributed by atoms with Crippen LogP contribution in [0.5, 0.6) is 0 Å². The van der Waals surface area contributed by atoms with Crippen molar-refractivity contribution in [3.8, 4) is 0 Å². The van der Waals surface area contributed by atoms with Crippen molar-refractivity contribution < 1.29 is 12.8 Å². The van der Waals surface area contributed by atoms with Crippen LogP contribution >= 0.6 is 0 Å². The Morgan fingerprint density at radius 3 is 2.43 bits per heavy atom. The van der Waals surface area contributed by atoms with Crippen LogP contribution in [0, 0.1) is 6.92 Å². The average molecular weight is 308 g/mol. The molecule has 0 spiro atoms. The number of rotatable bonds is 7. The lowest BCUT2D eigenvalue weighted by molar-refractivity contribution is 0.475. The fraction of sp³-hybridized carbons (Fsp3) is 0.333. The zero-order valence-corrected chi connectivity index (χ0v) is 12.8. The molecular formula is C15H20N2O3S. The zero-order valence-electron chi connectivity index (χ0n) is 12.0. The summed E-state index contributed by atoms with van der Waals surface area (Å²) in [6.45, 7) is 2.59. The second-order valence-electron chi connectivity index (χ2n) is 4.87. The highest BCUT2D eigenvalue weighted by Gasteiger charge is 2.14. The van der Waals surface area contributed by atoms with Crippen molar-refractivity contribution in [2.75, 3.05) is 6.54 Å². The predicted octanol–water partition coefficient (Wildman–Crippen LogP) is 1.96. The van der Waals surface area contributed by atoms with Gasteiger partial charge in [0.25, 0.3) is 0 Å². The minimum Gasteiger partial charge on any atom is -0.465 e. The van der Waals surface area contributed by atoms with E-state index in [4.69, 9.17) is 10.2 Å². The van der Waals surface area contributed by atoms with Crippen molar-refractivity contribution in [3.05, 3.63) is 53.5 Å². The number of benzene rings is 1. The lowest BCUT2D eigenvalue weighted by Gasteiger charge is -2.06. The summed E-state index contributed by atoms with van der Waals surface area (Å²) in [7, 11) is -3.52. The lowest BCUT2D eigenvalue weighted by atomic mass is 10.1. The Morgan fingerprint density at radius 1 is 1.14 bits per heavy atom. The van der Waals surface area contributed by atoms with Gasteiger partial charge >= 0.3 is 0 Å². The molecule has 0 atom stereocenters. The van der Waals surface area contributed by atoms with Gasteiger partial charge in [0.15, 0.2) is 0 Å². The van der Waals surface area contributed by atoms with E-state index in [1.807, 2.05) is 19.1 Å². The van der Waals surface area contributed by atoms with E-state index in [1.54, 1.807) is 24.3 Å². The molecule has 0 radical (unpaired) electrons. The first kappa shape index (κ1) is 15.8. The summed E-state index contributed by atoms with van der Waals surface area (Å²) in [6.07, 6.45) is 1.75. The van der Waals surface area contributed by atoms with Crippen LogP contribution in [0.4, 0.5) is 0 Å². The topological polar surface area (TPSA) is 85.3 Å². The van der Waals surface area contributed by atoms with Gasteiger partial charge in [-0.25, -0.2) is 13.1 Å². The summed E-state index contributed by atoms with van der Waals surface area (Å²) in [5, 5.41) is 0. The Morgan fingerprint density at radius 2 is 1.86 bits per heavy atom. The first-order valence-electron chi connectivity index (χ1n) is 6.85. The third kappa shape index (κ3) is 4.42. The molecule has 0 bridgehead atoms. The molecule has 0 saturated heterocycles. The van der Waals surface area contributed by atoms with Gasteiger partial charge in [0, 0.05) is 0 Å². The molecule has 3 N–H and O–H groups in total. The van der Waals surface area contributed by atoms with Gasteiger partial charge in [0.05, 0.1) is 11.4 Å². The molecule has 1 heterocycles. The van der Waals surface area contributed by atoms with E-state index in [9.17, 15) is 8.42 Å². The van der Waals surface area contributed by atoms with Gasteiger partial charge in [-0.05, 0) is 56.1 Å². The van der Waals surface area contributed by atoms with Crippen LogP contribution in [0.25, 0.3) is 0 Å². The quantitative estimate of drug-likeness (QED) is 0.818. The summed E-state index contributed by atoms with van der Waals surface area (Å²) in [5.41, 5.74) is 6.54. The van der Waals surface area contributed by atoms with Crippen molar-refractivity contribution >= 4 is 10.0 Å². The molecule has 2 rings (SSSR count). The molecule has 1 aromatic heterocycles. The Hall–Kier alpha value is -1.63. The fourth-order valence-electron chi connectivity index (χ4n) is 1.97. The minimum absolute atomic E-state index is 0.144. The van der Waals surface area contributed by atoms with Crippen molar-refractivity contribution in [2.24, 2.45) is 5.73 Å². The first-order valence-corrected chi connectivity index (χ1v) is 8.33. The van der Waals surface area contributed by atoms with E-state index in [-0.39, 0.29) is 11.4 Å². The van der Waals surface area contributed by atoms with Crippen LogP contribution in [-0.4, -0.2) is 15.0 Å². The standard InChI is InChI=1S/C15H20N2O3S/c1-12-4-7-14(20-12)11-17-21(18,19)15-8-5-13(6-9-15)3-2-10-16/h4-9,17H,2-3,10-11,16H2,1H3. The fourth-order valence-corrected chi connectivity index (χ4v) is 2.96. The van der Waals surface area contributed by atoms with Gasteiger partial charge < -0.3 is 10.2 Å². The SMILES string of the molecule is Cc1ccc(CNS(=O)(=O)c2ccc(CCCN)cc2)o1. The van der Waals surface area contributed by atoms with E-state index < -0.39 is 10.0 Å². The van der Waals surface area contributed by atoms with Crippen LogP contribution in [0.2, 0.25) is 0 Å². The van der Waals surface area contributed by atoms with Gasteiger partial charge in [0.2, 0.25) is 10.0 Å². The normalized spacial score (nSPS) is 11.7. The highest BCUT2D eigenvalue weighted by Crippen LogP contribution is 2.13. The summed E-state index contributed by atoms with van der Waals surface area (Å²) >= 11 is 0. The van der Waals surface area contributed by atoms with Crippen molar-refractivity contribution in [2.45, 2.75) is 31.2 Å². The first-order chi connectivity index (χ1) is 10.0. The molecule has 114 valence electrons. The Balaban J connectivity index is 2.01. The molecule has 0 aliphatic carbocycles. The highest BCUT2D eigenvalue weighted by atomic mass is 32.2. The summed E-state index contributed by atoms with van der Waals surface area (Å²) < 4.78 is 32.2. The van der Waals surface area contributed by atoms with Crippen LogP contribution < -0.4 is 10.5 Å². The van der Waals surface area contributed by atoms with Crippen LogP contribution in [-0.2, 0) is 23.0 Å². The Kier molecular flexibility index (Phi) is 5.17. The van der Waals surface area contributed by atoms with E-state index >= 15 is 0 Å². The number of sulfonamides is 1. The number of aryl methyl sites for hydroxylation is 2.